The number of carbonyl (C=O) groups is 2. The summed E-state index contributed by atoms with van der Waals surface area (Å²) < 4.78 is 47.4. The Morgan fingerprint density at radius 1 is 1.17 bits per heavy atom. The molecule has 0 radical (unpaired) electrons. The Balaban J connectivity index is 1.93. The third-order valence-corrected chi connectivity index (χ3v) is 5.40. The van der Waals surface area contributed by atoms with E-state index >= 15 is 0 Å². The molecule has 3 rings (SSSR count). The molecule has 0 bridgehead atoms. The number of carbonyl (C=O) groups excluding carboxylic acids is 2. The van der Waals surface area contributed by atoms with Crippen molar-refractivity contribution in [2.24, 2.45) is 5.73 Å². The molecule has 9 nitrogen and oxygen atoms in total. The van der Waals surface area contributed by atoms with E-state index in [0.717, 1.165) is 17.0 Å². The lowest BCUT2D eigenvalue weighted by Crippen LogP contribution is -3.14. The number of quaternary nitrogens is 1. The number of urea groups is 1. The van der Waals surface area contributed by atoms with E-state index in [1.54, 1.807) is 24.3 Å². The van der Waals surface area contributed by atoms with Crippen LogP contribution < -0.4 is 20.1 Å². The summed E-state index contributed by atoms with van der Waals surface area (Å²) in [5.74, 6) is -1.22. The smallest absolute Gasteiger partial charge is 0.473 e. The largest absolute Gasteiger partial charge is 0.573 e. The van der Waals surface area contributed by atoms with Crippen LogP contribution in [0.15, 0.2) is 60.0 Å². The number of nitrogens with two attached hydrogens (primary N) is 1. The monoisotopic (exact) mass is 524 g/mol. The molecule has 3 amide bonds. The van der Waals surface area contributed by atoms with E-state index in [1.165, 1.54) is 24.1 Å². The van der Waals surface area contributed by atoms with Gasteiger partial charge in [0.2, 0.25) is 5.82 Å². The highest BCUT2D eigenvalue weighted by Crippen LogP contribution is 2.27. The molecule has 36 heavy (non-hydrogen) atoms. The van der Waals surface area contributed by atoms with E-state index < -0.39 is 24.1 Å². The number of imide groups is 1. The van der Waals surface area contributed by atoms with Gasteiger partial charge in [0, 0.05) is 24.2 Å². The van der Waals surface area contributed by atoms with Gasteiger partial charge >= 0.3 is 12.4 Å². The second-order valence-corrected chi connectivity index (χ2v) is 8.11. The first-order valence-corrected chi connectivity index (χ1v) is 10.9. The van der Waals surface area contributed by atoms with Gasteiger partial charge in [-0.3, -0.25) is 4.79 Å². The Bertz CT molecular complexity index is 1200. The van der Waals surface area contributed by atoms with Crippen LogP contribution >= 0.6 is 11.6 Å². The topological polar surface area (TPSA) is 113 Å². The zero-order valence-electron chi connectivity index (χ0n) is 19.0. The third-order valence-electron chi connectivity index (χ3n) is 5.15. The normalized spacial score (nSPS) is 16.1. The molecule has 13 heteroatoms. The Labute approximate surface area is 209 Å². The van der Waals surface area contributed by atoms with Crippen molar-refractivity contribution >= 4 is 23.5 Å². The Morgan fingerprint density at radius 2 is 1.83 bits per heavy atom. The highest BCUT2D eigenvalue weighted by molar-refractivity contribution is 6.30. The predicted molar refractivity (Wildman–Crippen MR) is 121 cm³/mol. The molecule has 1 heterocycles. The number of halogens is 4. The van der Waals surface area contributed by atoms with Crippen molar-refractivity contribution in [3.63, 3.8) is 0 Å². The summed E-state index contributed by atoms with van der Waals surface area (Å²) in [6.45, 7) is -0.354. The van der Waals surface area contributed by atoms with Crippen LogP contribution in [0.25, 0.3) is 0 Å². The molecule has 1 atom stereocenters. The molecule has 0 aliphatic carbocycles. The number of nitrogens with one attached hydrogen (secondary N) is 1. The maximum Gasteiger partial charge on any atom is 0.573 e. The van der Waals surface area contributed by atoms with Crippen molar-refractivity contribution in [3.05, 3.63) is 70.6 Å². The zero-order chi connectivity index (χ0) is 26.5. The van der Waals surface area contributed by atoms with E-state index in [4.69, 9.17) is 27.3 Å². The number of hydrogen-bond donors (Lipinski definition) is 2. The number of nitriles is 1. The molecule has 2 aromatic carbocycles. The van der Waals surface area contributed by atoms with Gasteiger partial charge in [-0.05, 0) is 29.8 Å². The molecule has 0 saturated heterocycles. The second-order valence-electron chi connectivity index (χ2n) is 7.68. The highest BCUT2D eigenvalue weighted by Gasteiger charge is 2.43. The third kappa shape index (κ3) is 6.59. The van der Waals surface area contributed by atoms with Crippen LogP contribution in [-0.4, -0.2) is 48.4 Å². The summed E-state index contributed by atoms with van der Waals surface area (Å²) >= 11 is 5.96. The molecule has 3 N–H and O–H groups in total. The lowest BCUT2D eigenvalue weighted by molar-refractivity contribution is -0.756. The minimum Gasteiger partial charge on any atom is -0.473 e. The summed E-state index contributed by atoms with van der Waals surface area (Å²) in [6, 6.07) is 12.9. The minimum absolute atomic E-state index is 0.0392. The lowest BCUT2D eigenvalue weighted by Gasteiger charge is -2.34. The predicted octanol–water partition coefficient (Wildman–Crippen LogP) is 2.60. The summed E-state index contributed by atoms with van der Waals surface area (Å²) in [4.78, 5) is 28.4. The molecule has 190 valence electrons. The fourth-order valence-corrected chi connectivity index (χ4v) is 3.54. The van der Waals surface area contributed by atoms with E-state index in [0.29, 0.717) is 10.6 Å². The molecule has 2 aromatic rings. The van der Waals surface area contributed by atoms with Gasteiger partial charge in [-0.2, -0.15) is 5.26 Å². The molecular weight excluding hydrogens is 503 g/mol. The maximum atomic E-state index is 13.3. The molecule has 0 fully saturated rings. The molecule has 1 unspecified atom stereocenters. The average molecular weight is 525 g/mol. The number of nitrogens with zero attached hydrogens (tertiary/aromatic N) is 3. The number of benzene rings is 2. The van der Waals surface area contributed by atoms with Crippen LogP contribution in [0.5, 0.6) is 11.5 Å². The second kappa shape index (κ2) is 11.2. The van der Waals surface area contributed by atoms with E-state index in [1.807, 2.05) is 6.07 Å². The molecular formula is C23H22ClF3N5O4+. The summed E-state index contributed by atoms with van der Waals surface area (Å²) in [6.07, 6.45) is -4.95. The van der Waals surface area contributed by atoms with Crippen LogP contribution in [0.1, 0.15) is 12.0 Å². The Hall–Kier alpha value is -3.95. The summed E-state index contributed by atoms with van der Waals surface area (Å²) in [7, 11) is 1.46. The number of alkyl halides is 3. The summed E-state index contributed by atoms with van der Waals surface area (Å²) in [5.41, 5.74) is 6.85. The standard InChI is InChI=1S/C23H21ClF3N5O4/c1-30-20(29)19(21(33)32(22(30)34)11-3-10-28)31(13-15-6-8-16(24)9-7-15)14-35-17-4-2-5-18(12-17)36-23(25,26)27/h2,4-9,12H,3,11,13-14,29H2,1H3/p+1. The SMILES string of the molecule is C[NH+]1C(=O)N(CCC#N)C(=O)C(N(COc2cccc(OC(F)(F)F)c2)Cc2ccc(Cl)cc2)=C1N. The van der Waals surface area contributed by atoms with Gasteiger partial charge in [0.1, 0.15) is 11.5 Å². The molecule has 0 spiro atoms. The maximum absolute atomic E-state index is 13.3. The van der Waals surface area contributed by atoms with E-state index in [2.05, 4.69) is 4.74 Å². The number of hydrogen-bond acceptors (Lipinski definition) is 7. The van der Waals surface area contributed by atoms with E-state index in [-0.39, 0.29) is 48.4 Å². The summed E-state index contributed by atoms with van der Waals surface area (Å²) in [5, 5.41) is 9.41. The Kier molecular flexibility index (Phi) is 8.29. The fraction of sp³-hybridized carbons (Fsp3) is 0.261. The zero-order valence-corrected chi connectivity index (χ0v) is 19.8. The highest BCUT2D eigenvalue weighted by atomic mass is 35.5. The minimum atomic E-state index is -4.88. The first-order valence-electron chi connectivity index (χ1n) is 10.5. The van der Waals surface area contributed by atoms with Crippen LogP contribution in [0, 0.1) is 11.3 Å². The number of rotatable bonds is 9. The van der Waals surface area contributed by atoms with Gasteiger partial charge < -0.3 is 20.1 Å². The molecule has 1 aliphatic heterocycles. The first-order chi connectivity index (χ1) is 17.0. The van der Waals surface area contributed by atoms with Gasteiger partial charge in [0.15, 0.2) is 12.4 Å². The molecule has 1 aliphatic rings. The van der Waals surface area contributed by atoms with Gasteiger partial charge in [-0.25, -0.2) is 14.6 Å². The van der Waals surface area contributed by atoms with Gasteiger partial charge in [0.25, 0.3) is 5.91 Å². The van der Waals surface area contributed by atoms with Crippen molar-refractivity contribution in [2.45, 2.75) is 19.3 Å². The number of amides is 3. The van der Waals surface area contributed by atoms with Crippen molar-refractivity contribution in [3.8, 4) is 17.6 Å². The van der Waals surface area contributed by atoms with Gasteiger partial charge in [-0.1, -0.05) is 29.8 Å². The van der Waals surface area contributed by atoms with Crippen molar-refractivity contribution in [1.29, 1.82) is 5.26 Å². The first kappa shape index (κ1) is 26.7. The average Bonchev–Trinajstić information content (AvgIpc) is 2.81. The Morgan fingerprint density at radius 3 is 2.47 bits per heavy atom. The van der Waals surface area contributed by atoms with Gasteiger partial charge in [0.05, 0.1) is 19.5 Å². The quantitative estimate of drug-likeness (QED) is 0.485. The van der Waals surface area contributed by atoms with Crippen molar-refractivity contribution in [2.75, 3.05) is 20.3 Å². The van der Waals surface area contributed by atoms with Crippen LogP contribution in [0.2, 0.25) is 5.02 Å². The van der Waals surface area contributed by atoms with Crippen LogP contribution in [0.3, 0.4) is 0 Å². The van der Waals surface area contributed by atoms with Crippen LogP contribution in [-0.2, 0) is 11.3 Å². The number of ether oxygens (including phenoxy) is 2. The lowest BCUT2D eigenvalue weighted by atomic mass is 10.2. The van der Waals surface area contributed by atoms with Crippen LogP contribution in [0.4, 0.5) is 18.0 Å². The van der Waals surface area contributed by atoms with Gasteiger partial charge in [-0.15, -0.1) is 13.2 Å². The van der Waals surface area contributed by atoms with Crippen molar-refractivity contribution < 1.29 is 37.1 Å². The fourth-order valence-electron chi connectivity index (χ4n) is 3.41. The molecule has 0 aromatic heterocycles. The van der Waals surface area contributed by atoms with E-state index in [9.17, 15) is 22.8 Å². The van der Waals surface area contributed by atoms with Crippen molar-refractivity contribution in [1.82, 2.24) is 9.80 Å². The molecule has 0 saturated carbocycles.